The van der Waals surface area contributed by atoms with Crippen LogP contribution in [0.15, 0.2) is 71.7 Å². The summed E-state index contributed by atoms with van der Waals surface area (Å²) in [6.07, 6.45) is 5.32. The first-order chi connectivity index (χ1) is 13.3. The highest BCUT2D eigenvalue weighted by Gasteiger charge is 2.08. The van der Waals surface area contributed by atoms with Crippen molar-refractivity contribution in [3.05, 3.63) is 72.3 Å². The van der Waals surface area contributed by atoms with Crippen LogP contribution in [0, 0.1) is 0 Å². The molecule has 0 amide bonds. The van der Waals surface area contributed by atoms with Gasteiger partial charge in [-0.05, 0) is 36.2 Å². The van der Waals surface area contributed by atoms with Gasteiger partial charge in [0.1, 0.15) is 5.75 Å². The van der Waals surface area contributed by atoms with Crippen LogP contribution in [0.1, 0.15) is 12.0 Å². The van der Waals surface area contributed by atoms with Crippen LogP contribution in [0.2, 0.25) is 0 Å². The monoisotopic (exact) mass is 364 g/mol. The highest BCUT2D eigenvalue weighted by atomic mass is 16.5. The maximum Gasteiger partial charge on any atom is 0.191 e. The average Bonchev–Trinajstić information content (AvgIpc) is 3.26. The van der Waals surface area contributed by atoms with E-state index >= 15 is 0 Å². The highest BCUT2D eigenvalue weighted by Crippen LogP contribution is 2.18. The van der Waals surface area contributed by atoms with Crippen molar-refractivity contribution in [1.29, 1.82) is 0 Å². The van der Waals surface area contributed by atoms with E-state index in [0.717, 1.165) is 44.3 Å². The fourth-order valence-corrected chi connectivity index (χ4v) is 2.94. The number of para-hydroxylation sites is 1. The van der Waals surface area contributed by atoms with Crippen molar-refractivity contribution in [2.75, 3.05) is 38.2 Å². The molecule has 0 saturated heterocycles. The predicted octanol–water partition coefficient (Wildman–Crippen LogP) is 3.20. The Hall–Kier alpha value is -2.95. The molecule has 1 heterocycles. The van der Waals surface area contributed by atoms with Crippen LogP contribution in [0.4, 0.5) is 5.69 Å². The number of nitrogens with one attached hydrogen (secondary N) is 2. The lowest BCUT2D eigenvalue weighted by atomic mass is 10.2. The topological polar surface area (TPSA) is 48.9 Å². The van der Waals surface area contributed by atoms with Gasteiger partial charge in [0.05, 0.1) is 6.61 Å². The number of rotatable bonds is 8. The van der Waals surface area contributed by atoms with E-state index in [1.165, 1.54) is 11.3 Å². The summed E-state index contributed by atoms with van der Waals surface area (Å²) in [5.74, 6) is 1.72. The second-order valence-corrected chi connectivity index (χ2v) is 6.41. The van der Waals surface area contributed by atoms with Crippen LogP contribution in [-0.2, 0) is 6.54 Å². The molecule has 5 heteroatoms. The summed E-state index contributed by atoms with van der Waals surface area (Å²) < 4.78 is 5.70. The summed E-state index contributed by atoms with van der Waals surface area (Å²) in [6.45, 7) is 4.22. The van der Waals surface area contributed by atoms with Gasteiger partial charge in [0.15, 0.2) is 5.96 Å². The maximum atomic E-state index is 5.70. The second kappa shape index (κ2) is 10.3. The number of aliphatic imine (C=N–C) groups is 1. The van der Waals surface area contributed by atoms with Gasteiger partial charge in [-0.1, -0.05) is 42.5 Å². The van der Waals surface area contributed by atoms with E-state index in [4.69, 9.17) is 4.74 Å². The molecule has 1 aliphatic heterocycles. The molecule has 2 aromatic rings. The van der Waals surface area contributed by atoms with Crippen LogP contribution in [0.5, 0.6) is 5.75 Å². The maximum absolute atomic E-state index is 5.70. The van der Waals surface area contributed by atoms with Gasteiger partial charge < -0.3 is 20.3 Å². The molecule has 0 aliphatic carbocycles. The molecule has 0 fully saturated rings. The van der Waals surface area contributed by atoms with Crippen molar-refractivity contribution in [3.8, 4) is 5.75 Å². The van der Waals surface area contributed by atoms with Gasteiger partial charge in [-0.3, -0.25) is 4.99 Å². The van der Waals surface area contributed by atoms with E-state index in [1.807, 2.05) is 30.3 Å². The number of hydrogen-bond acceptors (Lipinski definition) is 3. The van der Waals surface area contributed by atoms with Gasteiger partial charge in [0, 0.05) is 38.9 Å². The Bertz CT molecular complexity index is 750. The zero-order valence-corrected chi connectivity index (χ0v) is 15.9. The molecule has 0 radical (unpaired) electrons. The molecule has 0 unspecified atom stereocenters. The molecule has 0 bridgehead atoms. The van der Waals surface area contributed by atoms with Crippen molar-refractivity contribution in [2.24, 2.45) is 4.99 Å². The lowest BCUT2D eigenvalue weighted by molar-refractivity contribution is 0.311. The van der Waals surface area contributed by atoms with E-state index < -0.39 is 0 Å². The molecule has 142 valence electrons. The van der Waals surface area contributed by atoms with Gasteiger partial charge in [0.2, 0.25) is 0 Å². The molecule has 0 saturated carbocycles. The number of hydrogen-bond donors (Lipinski definition) is 2. The third kappa shape index (κ3) is 6.06. The zero-order chi connectivity index (χ0) is 18.7. The van der Waals surface area contributed by atoms with E-state index in [0.29, 0.717) is 6.61 Å². The first kappa shape index (κ1) is 18.8. The molecule has 2 N–H and O–H groups in total. The smallest absolute Gasteiger partial charge is 0.191 e. The van der Waals surface area contributed by atoms with Crippen molar-refractivity contribution in [3.63, 3.8) is 0 Å². The zero-order valence-electron chi connectivity index (χ0n) is 15.9. The van der Waals surface area contributed by atoms with Gasteiger partial charge >= 0.3 is 0 Å². The Labute approximate surface area is 161 Å². The molecule has 27 heavy (non-hydrogen) atoms. The lowest BCUT2D eigenvalue weighted by Gasteiger charge is -2.19. The number of anilines is 1. The van der Waals surface area contributed by atoms with Crippen LogP contribution < -0.4 is 20.3 Å². The van der Waals surface area contributed by atoms with Crippen LogP contribution in [-0.4, -0.2) is 39.2 Å². The van der Waals surface area contributed by atoms with E-state index in [1.54, 1.807) is 7.05 Å². The van der Waals surface area contributed by atoms with E-state index in [2.05, 4.69) is 56.9 Å². The van der Waals surface area contributed by atoms with Crippen LogP contribution in [0.25, 0.3) is 0 Å². The third-order valence-electron chi connectivity index (χ3n) is 4.40. The minimum absolute atomic E-state index is 0.680. The summed E-state index contributed by atoms with van der Waals surface area (Å²) >= 11 is 0. The SMILES string of the molecule is CN=C(NCCCOc1ccccc1)NCc1cccc(N2CC=CC2)c1. The van der Waals surface area contributed by atoms with Crippen LogP contribution in [0.3, 0.4) is 0 Å². The van der Waals surface area contributed by atoms with Crippen molar-refractivity contribution >= 4 is 11.6 Å². The summed E-state index contributed by atoms with van der Waals surface area (Å²) in [7, 11) is 1.79. The number of guanidine groups is 1. The molecule has 5 nitrogen and oxygen atoms in total. The average molecular weight is 364 g/mol. The molecule has 0 aromatic heterocycles. The number of benzene rings is 2. The normalized spacial score (nSPS) is 13.7. The molecule has 0 atom stereocenters. The van der Waals surface area contributed by atoms with E-state index in [-0.39, 0.29) is 0 Å². The number of ether oxygens (including phenoxy) is 1. The van der Waals surface area contributed by atoms with Crippen molar-refractivity contribution < 1.29 is 4.74 Å². The van der Waals surface area contributed by atoms with Crippen molar-refractivity contribution in [1.82, 2.24) is 10.6 Å². The van der Waals surface area contributed by atoms with Crippen molar-refractivity contribution in [2.45, 2.75) is 13.0 Å². The Morgan fingerprint density at radius 3 is 2.63 bits per heavy atom. The number of nitrogens with zero attached hydrogens (tertiary/aromatic N) is 2. The largest absolute Gasteiger partial charge is 0.494 e. The van der Waals surface area contributed by atoms with Crippen LogP contribution >= 0.6 is 0 Å². The summed E-state index contributed by atoms with van der Waals surface area (Å²) in [5.41, 5.74) is 2.51. The molecular weight excluding hydrogens is 336 g/mol. The van der Waals surface area contributed by atoms with Gasteiger partial charge in [-0.15, -0.1) is 0 Å². The third-order valence-corrected chi connectivity index (χ3v) is 4.40. The first-order valence-corrected chi connectivity index (χ1v) is 9.46. The molecular formula is C22H28N4O. The van der Waals surface area contributed by atoms with Gasteiger partial charge in [-0.2, -0.15) is 0 Å². The van der Waals surface area contributed by atoms with Gasteiger partial charge in [-0.25, -0.2) is 0 Å². The minimum Gasteiger partial charge on any atom is -0.494 e. The Morgan fingerprint density at radius 2 is 1.85 bits per heavy atom. The summed E-state index contributed by atoms with van der Waals surface area (Å²) in [5, 5.41) is 6.71. The summed E-state index contributed by atoms with van der Waals surface area (Å²) in [6, 6.07) is 18.5. The van der Waals surface area contributed by atoms with E-state index in [9.17, 15) is 0 Å². The summed E-state index contributed by atoms with van der Waals surface area (Å²) in [4.78, 5) is 6.64. The standard InChI is InChI=1S/C22H28N4O/c1-23-22(24-13-8-16-27-21-11-3-2-4-12-21)25-18-19-9-7-10-20(17-19)26-14-5-6-15-26/h2-7,9-12,17H,8,13-16,18H2,1H3,(H2,23,24,25). The Kier molecular flexibility index (Phi) is 7.16. The minimum atomic E-state index is 0.680. The fourth-order valence-electron chi connectivity index (χ4n) is 2.94. The molecule has 2 aromatic carbocycles. The lowest BCUT2D eigenvalue weighted by Crippen LogP contribution is -2.37. The Balaban J connectivity index is 1.37. The predicted molar refractivity (Wildman–Crippen MR) is 113 cm³/mol. The molecule has 1 aliphatic rings. The molecule has 0 spiro atoms. The first-order valence-electron chi connectivity index (χ1n) is 9.46. The van der Waals surface area contributed by atoms with Gasteiger partial charge in [0.25, 0.3) is 0 Å². The Morgan fingerprint density at radius 1 is 1.04 bits per heavy atom. The second-order valence-electron chi connectivity index (χ2n) is 6.41. The highest BCUT2D eigenvalue weighted by molar-refractivity contribution is 5.79. The molecule has 3 rings (SSSR count). The fraction of sp³-hybridized carbons (Fsp3) is 0.318. The quantitative estimate of drug-likeness (QED) is 0.327.